The van der Waals surface area contributed by atoms with E-state index in [1.54, 1.807) is 7.11 Å². The van der Waals surface area contributed by atoms with Gasteiger partial charge in [-0.1, -0.05) is 0 Å². The molecule has 0 spiro atoms. The van der Waals surface area contributed by atoms with Gasteiger partial charge in [0.2, 0.25) is 0 Å². The van der Waals surface area contributed by atoms with E-state index in [1.165, 1.54) is 0 Å². The number of nitrogens with one attached hydrogen (secondary N) is 1. The molecule has 6 nitrogen and oxygen atoms in total. The summed E-state index contributed by atoms with van der Waals surface area (Å²) in [7, 11) is 1.79. The first-order valence-corrected chi connectivity index (χ1v) is 7.53. The van der Waals surface area contributed by atoms with Gasteiger partial charge in [-0.15, -0.1) is 0 Å². The molecule has 0 aliphatic carbocycles. The van der Waals surface area contributed by atoms with Gasteiger partial charge in [-0.05, 0) is 26.7 Å². The average molecular weight is 289 g/mol. The first kappa shape index (κ1) is 14.1. The van der Waals surface area contributed by atoms with Crippen molar-refractivity contribution in [3.63, 3.8) is 0 Å². The van der Waals surface area contributed by atoms with Gasteiger partial charge in [0.05, 0.1) is 11.8 Å². The van der Waals surface area contributed by atoms with Crippen LogP contribution in [0.15, 0.2) is 18.6 Å². The Labute approximate surface area is 125 Å². The summed E-state index contributed by atoms with van der Waals surface area (Å²) in [6.07, 6.45) is 7.94. The van der Waals surface area contributed by atoms with Gasteiger partial charge >= 0.3 is 0 Å². The number of piperidine rings is 1. The first-order valence-electron chi connectivity index (χ1n) is 7.53. The molecule has 1 atom stereocenters. The molecule has 1 N–H and O–H groups in total. The van der Waals surface area contributed by atoms with Crippen LogP contribution in [0.3, 0.4) is 0 Å². The van der Waals surface area contributed by atoms with Crippen molar-refractivity contribution >= 4 is 17.3 Å². The number of ether oxygens (including phenoxy) is 1. The number of methoxy groups -OCH3 is 1. The summed E-state index contributed by atoms with van der Waals surface area (Å²) in [5.74, 6) is 1.81. The average Bonchev–Trinajstić information content (AvgIpc) is 2.95. The summed E-state index contributed by atoms with van der Waals surface area (Å²) in [5.41, 5.74) is 0.787. The minimum Gasteiger partial charge on any atom is -0.377 e. The SMILES string of the molecule is CCNc1cn2ccnc2c(N2CCCC(C)(OC)C2)n1. The number of aromatic nitrogens is 3. The molecule has 0 aromatic carbocycles. The van der Waals surface area contributed by atoms with Crippen LogP contribution in [0.2, 0.25) is 0 Å². The second kappa shape index (κ2) is 5.52. The van der Waals surface area contributed by atoms with Crippen molar-refractivity contribution < 1.29 is 4.74 Å². The van der Waals surface area contributed by atoms with Gasteiger partial charge in [-0.3, -0.25) is 0 Å². The van der Waals surface area contributed by atoms with E-state index < -0.39 is 0 Å². The van der Waals surface area contributed by atoms with Crippen LogP contribution in [0, 0.1) is 0 Å². The van der Waals surface area contributed by atoms with E-state index in [1.807, 2.05) is 23.0 Å². The zero-order valence-electron chi connectivity index (χ0n) is 13.0. The molecular formula is C15H23N5O. The van der Waals surface area contributed by atoms with Crippen molar-refractivity contribution in [3.8, 4) is 0 Å². The lowest BCUT2D eigenvalue weighted by molar-refractivity contribution is -0.00476. The Morgan fingerprint density at radius 1 is 1.48 bits per heavy atom. The van der Waals surface area contributed by atoms with E-state index in [2.05, 4.69) is 29.0 Å². The predicted molar refractivity (Wildman–Crippen MR) is 84.0 cm³/mol. The molecule has 114 valence electrons. The van der Waals surface area contributed by atoms with E-state index in [4.69, 9.17) is 9.72 Å². The fraction of sp³-hybridized carbons (Fsp3) is 0.600. The maximum atomic E-state index is 5.69. The summed E-state index contributed by atoms with van der Waals surface area (Å²) >= 11 is 0. The van der Waals surface area contributed by atoms with Crippen LogP contribution in [-0.4, -0.2) is 46.7 Å². The minimum absolute atomic E-state index is 0.113. The van der Waals surface area contributed by atoms with Gasteiger partial charge in [0.25, 0.3) is 0 Å². The highest BCUT2D eigenvalue weighted by Crippen LogP contribution is 2.29. The minimum atomic E-state index is -0.113. The van der Waals surface area contributed by atoms with E-state index in [0.29, 0.717) is 0 Å². The molecule has 1 unspecified atom stereocenters. The normalized spacial score (nSPS) is 22.7. The summed E-state index contributed by atoms with van der Waals surface area (Å²) in [6.45, 7) is 6.92. The Bertz CT molecular complexity index is 626. The highest BCUT2D eigenvalue weighted by atomic mass is 16.5. The van der Waals surface area contributed by atoms with Gasteiger partial charge in [0, 0.05) is 39.1 Å². The van der Waals surface area contributed by atoms with E-state index in [-0.39, 0.29) is 5.60 Å². The van der Waals surface area contributed by atoms with Gasteiger partial charge < -0.3 is 19.4 Å². The molecule has 21 heavy (non-hydrogen) atoms. The third-order valence-electron chi connectivity index (χ3n) is 4.17. The molecule has 1 fully saturated rings. The van der Waals surface area contributed by atoms with Crippen LogP contribution < -0.4 is 10.2 Å². The molecule has 3 heterocycles. The fourth-order valence-corrected chi connectivity index (χ4v) is 2.95. The second-order valence-electron chi connectivity index (χ2n) is 5.82. The maximum absolute atomic E-state index is 5.69. The lowest BCUT2D eigenvalue weighted by atomic mass is 9.95. The number of anilines is 2. The van der Waals surface area contributed by atoms with Crippen LogP contribution in [0.1, 0.15) is 26.7 Å². The van der Waals surface area contributed by atoms with E-state index in [0.717, 1.165) is 49.8 Å². The molecule has 1 saturated heterocycles. The lowest BCUT2D eigenvalue weighted by Crippen LogP contribution is -2.48. The van der Waals surface area contributed by atoms with Crippen LogP contribution in [0.25, 0.3) is 5.65 Å². The fourth-order valence-electron chi connectivity index (χ4n) is 2.95. The predicted octanol–water partition coefficient (Wildman–Crippen LogP) is 2.17. The Kier molecular flexibility index (Phi) is 3.71. The largest absolute Gasteiger partial charge is 0.377 e. The third-order valence-corrected chi connectivity index (χ3v) is 4.17. The molecule has 3 rings (SSSR count). The van der Waals surface area contributed by atoms with Crippen molar-refractivity contribution in [2.24, 2.45) is 0 Å². The summed E-state index contributed by atoms with van der Waals surface area (Å²) in [4.78, 5) is 11.5. The van der Waals surface area contributed by atoms with Crippen LogP contribution >= 0.6 is 0 Å². The summed E-state index contributed by atoms with van der Waals surface area (Å²) < 4.78 is 7.72. The Hall–Kier alpha value is -1.82. The highest BCUT2D eigenvalue weighted by molar-refractivity contribution is 5.67. The monoisotopic (exact) mass is 289 g/mol. The molecule has 1 aliphatic heterocycles. The Morgan fingerprint density at radius 3 is 3.10 bits per heavy atom. The number of nitrogens with zero attached hydrogens (tertiary/aromatic N) is 4. The topological polar surface area (TPSA) is 54.7 Å². The lowest BCUT2D eigenvalue weighted by Gasteiger charge is -2.40. The Morgan fingerprint density at radius 2 is 2.33 bits per heavy atom. The molecule has 6 heteroatoms. The number of hydrogen-bond acceptors (Lipinski definition) is 5. The maximum Gasteiger partial charge on any atom is 0.180 e. The van der Waals surface area contributed by atoms with Crippen molar-refractivity contribution in [3.05, 3.63) is 18.6 Å². The number of hydrogen-bond donors (Lipinski definition) is 1. The molecule has 0 saturated carbocycles. The smallest absolute Gasteiger partial charge is 0.180 e. The zero-order chi connectivity index (χ0) is 14.9. The first-order chi connectivity index (χ1) is 10.1. The van der Waals surface area contributed by atoms with Crippen LogP contribution in [0.4, 0.5) is 11.6 Å². The van der Waals surface area contributed by atoms with Gasteiger partial charge in [-0.2, -0.15) is 0 Å². The van der Waals surface area contributed by atoms with E-state index >= 15 is 0 Å². The number of rotatable bonds is 4. The van der Waals surface area contributed by atoms with Crippen molar-refractivity contribution in [1.82, 2.24) is 14.4 Å². The van der Waals surface area contributed by atoms with Crippen molar-refractivity contribution in [2.75, 3.05) is 37.0 Å². The van der Waals surface area contributed by atoms with Crippen LogP contribution in [-0.2, 0) is 4.74 Å². The van der Waals surface area contributed by atoms with Gasteiger partial charge in [0.15, 0.2) is 11.5 Å². The van der Waals surface area contributed by atoms with Crippen molar-refractivity contribution in [1.29, 1.82) is 0 Å². The summed E-state index contributed by atoms with van der Waals surface area (Å²) in [6, 6.07) is 0. The molecule has 0 amide bonds. The molecule has 0 bridgehead atoms. The second-order valence-corrected chi connectivity index (χ2v) is 5.82. The quantitative estimate of drug-likeness (QED) is 0.935. The highest BCUT2D eigenvalue weighted by Gasteiger charge is 2.32. The third kappa shape index (κ3) is 2.68. The molecule has 2 aromatic heterocycles. The van der Waals surface area contributed by atoms with Crippen molar-refractivity contribution in [2.45, 2.75) is 32.3 Å². The van der Waals surface area contributed by atoms with E-state index in [9.17, 15) is 0 Å². The molecule has 0 radical (unpaired) electrons. The number of imidazole rings is 1. The Balaban J connectivity index is 2.00. The summed E-state index contributed by atoms with van der Waals surface area (Å²) in [5, 5.41) is 3.29. The van der Waals surface area contributed by atoms with Crippen LogP contribution in [0.5, 0.6) is 0 Å². The molecule has 1 aliphatic rings. The number of fused-ring (bicyclic) bond motifs is 1. The molecular weight excluding hydrogens is 266 g/mol. The van der Waals surface area contributed by atoms with Gasteiger partial charge in [0.1, 0.15) is 5.82 Å². The molecule has 2 aromatic rings. The standard InChI is InChI=1S/C15H23N5O/c1-4-16-12-10-19-9-7-17-13(19)14(18-12)20-8-5-6-15(2,11-20)21-3/h7,9-10,16H,4-6,8,11H2,1-3H3. The van der Waals surface area contributed by atoms with Gasteiger partial charge in [-0.25, -0.2) is 9.97 Å². The zero-order valence-corrected chi connectivity index (χ0v) is 13.0.